The van der Waals surface area contributed by atoms with E-state index in [1.54, 1.807) is 26.4 Å². The highest BCUT2D eigenvalue weighted by molar-refractivity contribution is 5.31. The molecular formula is C13H15F3O3. The van der Waals surface area contributed by atoms with Gasteiger partial charge in [0.2, 0.25) is 0 Å². The molecule has 0 N–H and O–H groups in total. The number of benzene rings is 1. The zero-order valence-electron chi connectivity index (χ0n) is 10.7. The highest BCUT2D eigenvalue weighted by atomic mass is 19.4. The van der Waals surface area contributed by atoms with Gasteiger partial charge in [-0.15, -0.1) is 13.2 Å². The highest BCUT2D eigenvalue weighted by Crippen LogP contribution is 2.47. The molecule has 0 atom stereocenters. The zero-order chi connectivity index (χ0) is 14.1. The Balaban J connectivity index is 1.97. The van der Waals surface area contributed by atoms with Gasteiger partial charge in [0.05, 0.1) is 0 Å². The lowest BCUT2D eigenvalue weighted by Gasteiger charge is -2.45. The van der Waals surface area contributed by atoms with E-state index in [2.05, 4.69) is 4.74 Å². The molecule has 0 aliphatic heterocycles. The van der Waals surface area contributed by atoms with Crippen molar-refractivity contribution in [1.82, 2.24) is 0 Å². The smallest absolute Gasteiger partial charge is 0.406 e. The molecule has 1 aliphatic carbocycles. The Hall–Kier alpha value is -1.27. The molecule has 3 nitrogen and oxygen atoms in total. The lowest BCUT2D eigenvalue weighted by molar-refractivity contribution is -0.274. The Morgan fingerprint density at radius 3 is 2.00 bits per heavy atom. The van der Waals surface area contributed by atoms with Crippen molar-refractivity contribution < 1.29 is 27.4 Å². The minimum atomic E-state index is -4.65. The van der Waals surface area contributed by atoms with E-state index in [0.717, 1.165) is 5.56 Å². The Morgan fingerprint density at radius 2 is 1.58 bits per heavy atom. The van der Waals surface area contributed by atoms with Crippen molar-refractivity contribution in [3.8, 4) is 5.75 Å². The molecule has 0 bridgehead atoms. The SMILES string of the molecule is COC1(OC)CC(c2ccc(OC(F)(F)F)cc2)C1. The van der Waals surface area contributed by atoms with Crippen LogP contribution < -0.4 is 4.74 Å². The Labute approximate surface area is 109 Å². The van der Waals surface area contributed by atoms with Gasteiger partial charge >= 0.3 is 6.36 Å². The lowest BCUT2D eigenvalue weighted by Crippen LogP contribution is -2.45. The Kier molecular flexibility index (Phi) is 3.73. The van der Waals surface area contributed by atoms with Crippen molar-refractivity contribution in [1.29, 1.82) is 0 Å². The van der Waals surface area contributed by atoms with E-state index in [4.69, 9.17) is 9.47 Å². The first-order valence-electron chi connectivity index (χ1n) is 5.83. The fourth-order valence-electron chi connectivity index (χ4n) is 2.29. The fraction of sp³-hybridized carbons (Fsp3) is 0.538. The van der Waals surface area contributed by atoms with Crippen molar-refractivity contribution in [2.45, 2.75) is 30.9 Å². The van der Waals surface area contributed by atoms with Crippen LogP contribution >= 0.6 is 0 Å². The van der Waals surface area contributed by atoms with E-state index in [1.165, 1.54) is 12.1 Å². The molecule has 1 fully saturated rings. The first-order valence-corrected chi connectivity index (χ1v) is 5.83. The molecule has 6 heteroatoms. The molecule has 1 aromatic rings. The number of alkyl halides is 3. The van der Waals surface area contributed by atoms with Crippen molar-refractivity contribution >= 4 is 0 Å². The van der Waals surface area contributed by atoms with Crippen molar-refractivity contribution in [3.63, 3.8) is 0 Å². The van der Waals surface area contributed by atoms with Gasteiger partial charge in [-0.3, -0.25) is 0 Å². The number of hydrogen-bond donors (Lipinski definition) is 0. The molecule has 0 spiro atoms. The van der Waals surface area contributed by atoms with Crippen LogP contribution in [0.25, 0.3) is 0 Å². The summed E-state index contributed by atoms with van der Waals surface area (Å²) >= 11 is 0. The summed E-state index contributed by atoms with van der Waals surface area (Å²) in [5.41, 5.74) is 0.958. The topological polar surface area (TPSA) is 27.7 Å². The summed E-state index contributed by atoms with van der Waals surface area (Å²) in [6, 6.07) is 5.92. The monoisotopic (exact) mass is 276 g/mol. The maximum absolute atomic E-state index is 12.0. The molecule has 106 valence electrons. The van der Waals surface area contributed by atoms with Crippen molar-refractivity contribution in [2.75, 3.05) is 14.2 Å². The van der Waals surface area contributed by atoms with Gasteiger partial charge in [0.15, 0.2) is 5.79 Å². The minimum Gasteiger partial charge on any atom is -0.406 e. The largest absolute Gasteiger partial charge is 0.573 e. The second-order valence-electron chi connectivity index (χ2n) is 4.54. The van der Waals surface area contributed by atoms with Crippen molar-refractivity contribution in [3.05, 3.63) is 29.8 Å². The predicted molar refractivity (Wildman–Crippen MR) is 61.8 cm³/mol. The fourth-order valence-corrected chi connectivity index (χ4v) is 2.29. The van der Waals surface area contributed by atoms with Crippen LogP contribution in [0.5, 0.6) is 5.75 Å². The van der Waals surface area contributed by atoms with Crippen LogP contribution in [-0.2, 0) is 9.47 Å². The van der Waals surface area contributed by atoms with Crippen LogP contribution in [0.4, 0.5) is 13.2 Å². The average Bonchev–Trinajstić information content (AvgIpc) is 2.29. The van der Waals surface area contributed by atoms with Gasteiger partial charge in [0.1, 0.15) is 5.75 Å². The second-order valence-corrected chi connectivity index (χ2v) is 4.54. The normalized spacial score (nSPS) is 19.0. The first kappa shape index (κ1) is 14.1. The van der Waals surface area contributed by atoms with Gasteiger partial charge < -0.3 is 14.2 Å². The molecule has 0 radical (unpaired) electrons. The van der Waals surface area contributed by atoms with Crippen LogP contribution in [-0.4, -0.2) is 26.4 Å². The zero-order valence-corrected chi connectivity index (χ0v) is 10.7. The third-order valence-corrected chi connectivity index (χ3v) is 3.44. The molecule has 0 unspecified atom stereocenters. The van der Waals surface area contributed by atoms with E-state index in [0.29, 0.717) is 12.8 Å². The summed E-state index contributed by atoms with van der Waals surface area (Å²) in [5, 5.41) is 0. The first-order chi connectivity index (χ1) is 8.87. The summed E-state index contributed by atoms with van der Waals surface area (Å²) in [6.45, 7) is 0. The number of ether oxygens (including phenoxy) is 3. The third kappa shape index (κ3) is 3.19. The molecule has 19 heavy (non-hydrogen) atoms. The lowest BCUT2D eigenvalue weighted by atomic mass is 9.74. The van der Waals surface area contributed by atoms with Gasteiger partial charge in [-0.05, 0) is 23.6 Å². The number of methoxy groups -OCH3 is 2. The highest BCUT2D eigenvalue weighted by Gasteiger charge is 2.45. The quantitative estimate of drug-likeness (QED) is 0.788. The van der Waals surface area contributed by atoms with E-state index >= 15 is 0 Å². The number of rotatable bonds is 4. The maximum atomic E-state index is 12.0. The van der Waals surface area contributed by atoms with E-state index in [9.17, 15) is 13.2 Å². The van der Waals surface area contributed by atoms with Gasteiger partial charge in [-0.25, -0.2) is 0 Å². The molecule has 0 saturated heterocycles. The molecule has 0 aromatic heterocycles. The van der Waals surface area contributed by atoms with Gasteiger partial charge in [-0.1, -0.05) is 12.1 Å². The third-order valence-electron chi connectivity index (χ3n) is 3.44. The maximum Gasteiger partial charge on any atom is 0.573 e. The summed E-state index contributed by atoms with van der Waals surface area (Å²) in [7, 11) is 3.17. The molecule has 1 saturated carbocycles. The van der Waals surface area contributed by atoms with Gasteiger partial charge in [0.25, 0.3) is 0 Å². The van der Waals surface area contributed by atoms with Crippen LogP contribution in [0.3, 0.4) is 0 Å². The van der Waals surface area contributed by atoms with Crippen LogP contribution in [0.2, 0.25) is 0 Å². The number of halogens is 3. The molecular weight excluding hydrogens is 261 g/mol. The predicted octanol–water partition coefficient (Wildman–Crippen LogP) is 3.45. The van der Waals surface area contributed by atoms with Gasteiger partial charge in [0, 0.05) is 27.1 Å². The Morgan fingerprint density at radius 1 is 1.05 bits per heavy atom. The van der Waals surface area contributed by atoms with E-state index in [-0.39, 0.29) is 11.7 Å². The summed E-state index contributed by atoms with van der Waals surface area (Å²) in [4.78, 5) is 0. The number of hydrogen-bond acceptors (Lipinski definition) is 3. The van der Waals surface area contributed by atoms with Crippen LogP contribution in [0.1, 0.15) is 24.3 Å². The van der Waals surface area contributed by atoms with Gasteiger partial charge in [-0.2, -0.15) is 0 Å². The summed E-state index contributed by atoms with van der Waals surface area (Å²) in [6.07, 6.45) is -3.27. The van der Waals surface area contributed by atoms with E-state index < -0.39 is 12.1 Å². The molecule has 0 amide bonds. The molecule has 1 aliphatic rings. The average molecular weight is 276 g/mol. The second kappa shape index (κ2) is 5.02. The van der Waals surface area contributed by atoms with Crippen molar-refractivity contribution in [2.24, 2.45) is 0 Å². The molecule has 2 rings (SSSR count). The molecule has 0 heterocycles. The summed E-state index contributed by atoms with van der Waals surface area (Å²) < 4.78 is 50.4. The van der Waals surface area contributed by atoms with Crippen LogP contribution in [0, 0.1) is 0 Å². The van der Waals surface area contributed by atoms with Crippen LogP contribution in [0.15, 0.2) is 24.3 Å². The minimum absolute atomic E-state index is 0.208. The summed E-state index contributed by atoms with van der Waals surface area (Å²) in [5.74, 6) is -0.522. The Bertz CT molecular complexity index is 416. The standard InChI is InChI=1S/C13H15F3O3/c1-17-12(18-2)7-10(8-12)9-3-5-11(6-4-9)19-13(14,15)16/h3-6,10H,7-8H2,1-2H3. The van der Waals surface area contributed by atoms with E-state index in [1.807, 2.05) is 0 Å². The molecule has 1 aromatic carbocycles.